The summed E-state index contributed by atoms with van der Waals surface area (Å²) in [5.41, 5.74) is 2.01. The third-order valence-corrected chi connectivity index (χ3v) is 3.42. The van der Waals surface area contributed by atoms with Crippen molar-refractivity contribution in [2.24, 2.45) is 0 Å². The maximum Gasteiger partial charge on any atom is 0.328 e. The van der Waals surface area contributed by atoms with E-state index in [1.807, 2.05) is 4.40 Å². The van der Waals surface area contributed by atoms with Crippen molar-refractivity contribution in [3.63, 3.8) is 0 Å². The lowest BCUT2D eigenvalue weighted by atomic mass is 10.3. The molecule has 0 atom stereocenters. The monoisotopic (exact) mass is 236 g/mol. The van der Waals surface area contributed by atoms with E-state index < -0.39 is 5.97 Å². The van der Waals surface area contributed by atoms with Gasteiger partial charge in [0.25, 0.3) is 0 Å². The average molecular weight is 236 g/mol. The number of fused-ring (bicyclic) bond motifs is 1. The number of carbonyl (C=O) groups is 1. The summed E-state index contributed by atoms with van der Waals surface area (Å²) in [5.74, 6) is -0.944. The molecule has 0 aliphatic rings. The Morgan fingerprint density at radius 2 is 2.44 bits per heavy atom. The highest BCUT2D eigenvalue weighted by Crippen LogP contribution is 2.24. The van der Waals surface area contributed by atoms with Crippen molar-refractivity contribution in [1.82, 2.24) is 9.38 Å². The first-order valence-corrected chi connectivity index (χ1v) is 5.82. The Kier molecular flexibility index (Phi) is 2.78. The summed E-state index contributed by atoms with van der Waals surface area (Å²) in [6.07, 6.45) is 5.32. The molecular weight excluding hydrogens is 224 g/mol. The summed E-state index contributed by atoms with van der Waals surface area (Å²) < 4.78 is 2.01. The van der Waals surface area contributed by atoms with Crippen LogP contribution in [0.1, 0.15) is 23.2 Å². The molecule has 0 aliphatic carbocycles. The van der Waals surface area contributed by atoms with Crippen molar-refractivity contribution in [2.75, 3.05) is 0 Å². The highest BCUT2D eigenvalue weighted by molar-refractivity contribution is 7.17. The van der Waals surface area contributed by atoms with E-state index in [4.69, 9.17) is 5.11 Å². The first-order valence-electron chi connectivity index (χ1n) is 5.00. The number of aliphatic carboxylic acids is 1. The molecule has 5 heteroatoms. The first-order chi connectivity index (χ1) is 7.63. The Bertz CT molecular complexity index is 566. The molecule has 0 spiro atoms. The van der Waals surface area contributed by atoms with Crippen LogP contribution in [0.2, 0.25) is 0 Å². The molecular formula is C11H12N2O2S. The van der Waals surface area contributed by atoms with Crippen LogP contribution < -0.4 is 0 Å². The summed E-state index contributed by atoms with van der Waals surface area (Å²) in [6, 6.07) is 0. The maximum atomic E-state index is 10.5. The van der Waals surface area contributed by atoms with E-state index in [-0.39, 0.29) is 0 Å². The number of nitrogens with zero attached hydrogens (tertiary/aromatic N) is 2. The number of rotatable bonds is 3. The van der Waals surface area contributed by atoms with Crippen molar-refractivity contribution >= 4 is 28.3 Å². The number of thiazole rings is 1. The van der Waals surface area contributed by atoms with Crippen LogP contribution in [-0.4, -0.2) is 20.5 Å². The molecule has 2 aromatic rings. The van der Waals surface area contributed by atoms with Crippen LogP contribution >= 0.6 is 11.3 Å². The molecule has 0 unspecified atom stereocenters. The predicted octanol–water partition coefficient (Wildman–Crippen LogP) is 2.36. The number of aryl methyl sites for hydroxylation is 2. The number of aromatic nitrogens is 2. The van der Waals surface area contributed by atoms with Gasteiger partial charge in [0.05, 0.1) is 11.9 Å². The molecule has 0 aromatic carbocycles. The van der Waals surface area contributed by atoms with E-state index >= 15 is 0 Å². The van der Waals surface area contributed by atoms with Crippen molar-refractivity contribution < 1.29 is 9.90 Å². The minimum atomic E-state index is -0.944. The number of hydrogen-bond acceptors (Lipinski definition) is 3. The quantitative estimate of drug-likeness (QED) is 0.832. The lowest BCUT2D eigenvalue weighted by molar-refractivity contribution is -0.131. The van der Waals surface area contributed by atoms with Crippen LogP contribution in [0.15, 0.2) is 12.3 Å². The Morgan fingerprint density at radius 3 is 3.06 bits per heavy atom. The zero-order chi connectivity index (χ0) is 11.7. The smallest absolute Gasteiger partial charge is 0.328 e. The fourth-order valence-electron chi connectivity index (χ4n) is 1.73. The summed E-state index contributed by atoms with van der Waals surface area (Å²) >= 11 is 1.63. The van der Waals surface area contributed by atoms with E-state index in [0.29, 0.717) is 0 Å². The molecule has 0 saturated heterocycles. The van der Waals surface area contributed by atoms with Gasteiger partial charge in [-0.25, -0.2) is 9.78 Å². The van der Waals surface area contributed by atoms with Crippen molar-refractivity contribution in [1.29, 1.82) is 0 Å². The van der Waals surface area contributed by atoms with Gasteiger partial charge in [0, 0.05) is 16.6 Å². The van der Waals surface area contributed by atoms with E-state index in [2.05, 4.69) is 18.8 Å². The Labute approximate surface area is 96.9 Å². The molecule has 4 nitrogen and oxygen atoms in total. The minimum absolute atomic E-state index is 0.818. The molecule has 0 amide bonds. The molecule has 0 bridgehead atoms. The van der Waals surface area contributed by atoms with Gasteiger partial charge in [-0.3, -0.25) is 4.40 Å². The molecule has 1 N–H and O–H groups in total. The van der Waals surface area contributed by atoms with Crippen LogP contribution in [0.25, 0.3) is 11.0 Å². The second-order valence-corrected chi connectivity index (χ2v) is 4.61. The molecule has 16 heavy (non-hydrogen) atoms. The summed E-state index contributed by atoms with van der Waals surface area (Å²) in [7, 11) is 0. The van der Waals surface area contributed by atoms with Crippen molar-refractivity contribution in [2.45, 2.75) is 20.3 Å². The minimum Gasteiger partial charge on any atom is -0.478 e. The average Bonchev–Trinajstić information content (AvgIpc) is 2.73. The standard InChI is InChI=1S/C11H12N2O2S/c1-3-9-7(2)16-11-12-6-8(13(9)11)4-5-10(14)15/h4-6H,3H2,1-2H3,(H,14,15)/b5-4+. The molecule has 2 aromatic heterocycles. The summed E-state index contributed by atoms with van der Waals surface area (Å²) in [6.45, 7) is 4.14. The third-order valence-electron chi connectivity index (χ3n) is 2.41. The van der Waals surface area contributed by atoms with Gasteiger partial charge in [-0.2, -0.15) is 0 Å². The molecule has 0 aliphatic heterocycles. The normalized spacial score (nSPS) is 11.6. The second kappa shape index (κ2) is 4.09. The molecule has 84 valence electrons. The van der Waals surface area contributed by atoms with Crippen LogP contribution in [-0.2, 0) is 11.2 Å². The lowest BCUT2D eigenvalue weighted by Gasteiger charge is -1.98. The molecule has 2 heterocycles. The van der Waals surface area contributed by atoms with Gasteiger partial charge < -0.3 is 5.11 Å². The molecule has 0 saturated carbocycles. The van der Waals surface area contributed by atoms with Gasteiger partial charge in [-0.05, 0) is 19.4 Å². The predicted molar refractivity (Wildman–Crippen MR) is 63.9 cm³/mol. The van der Waals surface area contributed by atoms with Crippen molar-refractivity contribution in [3.05, 3.63) is 28.5 Å². The van der Waals surface area contributed by atoms with Crippen LogP contribution in [0.3, 0.4) is 0 Å². The number of carboxylic acids is 1. The van der Waals surface area contributed by atoms with Gasteiger partial charge in [-0.15, -0.1) is 11.3 Å². The number of hydrogen-bond donors (Lipinski definition) is 1. The maximum absolute atomic E-state index is 10.5. The topological polar surface area (TPSA) is 54.6 Å². The Hall–Kier alpha value is -1.62. The SMILES string of the molecule is CCc1c(C)sc2ncc(/C=C/C(=O)O)n12. The van der Waals surface area contributed by atoms with Crippen LogP contribution in [0, 0.1) is 6.92 Å². The number of carboxylic acid groups (broad SMARTS) is 1. The third kappa shape index (κ3) is 1.74. The van der Waals surface area contributed by atoms with E-state index in [1.54, 1.807) is 23.6 Å². The zero-order valence-corrected chi connectivity index (χ0v) is 9.91. The largest absolute Gasteiger partial charge is 0.478 e. The molecule has 2 rings (SSSR count). The highest BCUT2D eigenvalue weighted by atomic mass is 32.1. The zero-order valence-electron chi connectivity index (χ0n) is 9.10. The van der Waals surface area contributed by atoms with E-state index in [1.165, 1.54) is 10.6 Å². The number of imidazole rings is 1. The van der Waals surface area contributed by atoms with Gasteiger partial charge in [0.15, 0.2) is 4.96 Å². The van der Waals surface area contributed by atoms with Gasteiger partial charge in [-0.1, -0.05) is 6.92 Å². The van der Waals surface area contributed by atoms with Crippen LogP contribution in [0.4, 0.5) is 0 Å². The Balaban J connectivity index is 2.58. The summed E-state index contributed by atoms with van der Waals surface area (Å²) in [5, 5.41) is 8.60. The Morgan fingerprint density at radius 1 is 1.69 bits per heavy atom. The van der Waals surface area contributed by atoms with Crippen LogP contribution in [0.5, 0.6) is 0 Å². The molecule has 0 radical (unpaired) electrons. The van der Waals surface area contributed by atoms with E-state index in [9.17, 15) is 4.79 Å². The fourth-order valence-corrected chi connectivity index (χ4v) is 2.76. The first kappa shape index (κ1) is 10.9. The molecule has 0 fully saturated rings. The second-order valence-electron chi connectivity index (χ2n) is 3.43. The van der Waals surface area contributed by atoms with Gasteiger partial charge in [0.1, 0.15) is 0 Å². The van der Waals surface area contributed by atoms with Crippen molar-refractivity contribution in [3.8, 4) is 0 Å². The lowest BCUT2D eigenvalue weighted by Crippen LogP contribution is -1.94. The highest BCUT2D eigenvalue weighted by Gasteiger charge is 2.10. The van der Waals surface area contributed by atoms with E-state index in [0.717, 1.165) is 23.2 Å². The fraction of sp³-hybridized carbons (Fsp3) is 0.273. The van der Waals surface area contributed by atoms with Gasteiger partial charge >= 0.3 is 5.97 Å². The van der Waals surface area contributed by atoms with Gasteiger partial charge in [0.2, 0.25) is 0 Å². The summed E-state index contributed by atoms with van der Waals surface area (Å²) in [4.78, 5) is 16.9.